The van der Waals surface area contributed by atoms with Crippen LogP contribution in [0.2, 0.25) is 0 Å². The molecule has 1 aromatic heterocycles. The van der Waals surface area contributed by atoms with Crippen molar-refractivity contribution in [2.75, 3.05) is 33.2 Å². The number of aliphatic hydroxyl groups excluding tert-OH is 1. The van der Waals surface area contributed by atoms with Crippen molar-refractivity contribution in [3.8, 4) is 0 Å². The topological polar surface area (TPSA) is 56.7 Å². The molecule has 2 heterocycles. The molecule has 2 fully saturated rings. The zero-order valence-electron chi connectivity index (χ0n) is 16.8. The smallest absolute Gasteiger partial charge is 0.265 e. The minimum absolute atomic E-state index is 0.00954. The first-order chi connectivity index (χ1) is 13.5. The van der Waals surface area contributed by atoms with E-state index in [4.69, 9.17) is 0 Å². The largest absolute Gasteiger partial charge is 0.391 e. The summed E-state index contributed by atoms with van der Waals surface area (Å²) in [5, 5.41) is 11.1. The van der Waals surface area contributed by atoms with E-state index in [1.165, 1.54) is 16.9 Å². The van der Waals surface area contributed by atoms with Crippen molar-refractivity contribution in [2.24, 2.45) is 11.3 Å². The summed E-state index contributed by atoms with van der Waals surface area (Å²) in [6, 6.07) is 10.5. The Hall–Kier alpha value is -1.76. The van der Waals surface area contributed by atoms with E-state index < -0.39 is 6.10 Å². The third-order valence-corrected chi connectivity index (χ3v) is 7.46. The quantitative estimate of drug-likeness (QED) is 0.811. The second kappa shape index (κ2) is 7.58. The van der Waals surface area contributed by atoms with Crippen LogP contribution in [0.1, 0.15) is 40.2 Å². The van der Waals surface area contributed by atoms with Crippen LogP contribution in [0, 0.1) is 18.3 Å². The van der Waals surface area contributed by atoms with E-state index >= 15 is 0 Å². The second-order valence-corrected chi connectivity index (χ2v) is 9.19. The van der Waals surface area contributed by atoms with Crippen LogP contribution in [0.15, 0.2) is 35.8 Å². The number of rotatable bonds is 6. The molecule has 2 aromatic rings. The maximum absolute atomic E-state index is 13.0. The predicted octanol–water partition coefficient (Wildman–Crippen LogP) is 3.01. The molecule has 150 valence electrons. The normalized spacial score (nSPS) is 29.0. The second-order valence-electron chi connectivity index (χ2n) is 8.34. The van der Waals surface area contributed by atoms with Crippen LogP contribution in [0.4, 0.5) is 0 Å². The van der Waals surface area contributed by atoms with Crippen LogP contribution in [0.5, 0.6) is 0 Å². The van der Waals surface area contributed by atoms with E-state index in [-0.39, 0.29) is 11.3 Å². The van der Waals surface area contributed by atoms with Crippen molar-refractivity contribution in [1.82, 2.24) is 14.8 Å². The van der Waals surface area contributed by atoms with E-state index in [1.807, 2.05) is 17.9 Å². The van der Waals surface area contributed by atoms with Crippen molar-refractivity contribution in [3.05, 3.63) is 52.0 Å². The molecule has 2 aliphatic rings. The highest BCUT2D eigenvalue weighted by Gasteiger charge is 2.71. The summed E-state index contributed by atoms with van der Waals surface area (Å²) < 4.78 is 0. The molecular weight excluding hydrogens is 370 g/mol. The van der Waals surface area contributed by atoms with Gasteiger partial charge in [0.2, 0.25) is 0 Å². The molecule has 1 aliphatic heterocycles. The summed E-state index contributed by atoms with van der Waals surface area (Å²) in [4.78, 5) is 22.2. The predicted molar refractivity (Wildman–Crippen MR) is 112 cm³/mol. The SMILES string of the molecule is CCCN(C)C[C@@H]1[C@@H](c2ccccc2)[C@]12CN(C(=O)c1scnc1C)C[C@H]2O. The first kappa shape index (κ1) is 19.6. The maximum Gasteiger partial charge on any atom is 0.265 e. The van der Waals surface area contributed by atoms with E-state index in [0.29, 0.717) is 29.8 Å². The van der Waals surface area contributed by atoms with Gasteiger partial charge in [0.05, 0.1) is 17.3 Å². The standard InChI is InChI=1S/C22H29N3O2S/c1-4-10-24(3)11-17-19(16-8-6-5-7-9-16)22(17)13-25(12-18(22)26)21(27)20-15(2)23-14-28-20/h5-9,14,17-19,26H,4,10-13H2,1-3H3/t17-,18-,19-,22-/m1/s1. The molecule has 1 spiro atoms. The highest BCUT2D eigenvalue weighted by atomic mass is 32.1. The minimum Gasteiger partial charge on any atom is -0.391 e. The van der Waals surface area contributed by atoms with Crippen molar-refractivity contribution < 1.29 is 9.90 Å². The summed E-state index contributed by atoms with van der Waals surface area (Å²) in [5.74, 6) is 0.667. The number of thiazole rings is 1. The van der Waals surface area contributed by atoms with Crippen molar-refractivity contribution in [3.63, 3.8) is 0 Å². The molecule has 0 radical (unpaired) electrons. The fraction of sp³-hybridized carbons (Fsp3) is 0.545. The molecule has 6 heteroatoms. The summed E-state index contributed by atoms with van der Waals surface area (Å²) in [7, 11) is 2.16. The van der Waals surface area contributed by atoms with E-state index in [9.17, 15) is 9.90 Å². The molecule has 5 nitrogen and oxygen atoms in total. The number of carbonyl (C=O) groups is 1. The van der Waals surface area contributed by atoms with Gasteiger partial charge in [-0.05, 0) is 44.3 Å². The molecule has 1 aliphatic carbocycles. The fourth-order valence-electron chi connectivity index (χ4n) is 5.18. The molecule has 1 saturated heterocycles. The Balaban J connectivity index is 1.60. The van der Waals surface area contributed by atoms with Crippen LogP contribution in [0.25, 0.3) is 0 Å². The van der Waals surface area contributed by atoms with Crippen molar-refractivity contribution in [1.29, 1.82) is 0 Å². The first-order valence-corrected chi connectivity index (χ1v) is 11.0. The van der Waals surface area contributed by atoms with E-state index in [2.05, 4.69) is 48.1 Å². The Morgan fingerprint density at radius 1 is 1.39 bits per heavy atom. The average molecular weight is 400 g/mol. The minimum atomic E-state index is -0.491. The molecule has 4 rings (SSSR count). The Morgan fingerprint density at radius 3 is 2.79 bits per heavy atom. The van der Waals surface area contributed by atoms with Crippen LogP contribution in [-0.2, 0) is 0 Å². The number of aromatic nitrogens is 1. The maximum atomic E-state index is 13.0. The number of aryl methyl sites for hydroxylation is 1. The van der Waals surface area contributed by atoms with Gasteiger partial charge >= 0.3 is 0 Å². The highest BCUT2D eigenvalue weighted by molar-refractivity contribution is 7.11. The number of hydrogen-bond acceptors (Lipinski definition) is 5. The molecule has 0 bridgehead atoms. The van der Waals surface area contributed by atoms with Gasteiger partial charge < -0.3 is 14.9 Å². The number of β-amino-alcohol motifs (C(OH)–C–C–N with tert-alkyl or cyclic N) is 1. The molecular formula is C22H29N3O2S. The molecule has 1 N–H and O–H groups in total. The number of likely N-dealkylation sites (tertiary alicyclic amines) is 1. The van der Waals surface area contributed by atoms with Gasteiger partial charge in [0.15, 0.2) is 0 Å². The number of benzene rings is 1. The van der Waals surface area contributed by atoms with Gasteiger partial charge in [0, 0.05) is 25.0 Å². The van der Waals surface area contributed by atoms with Gasteiger partial charge in [-0.1, -0.05) is 37.3 Å². The molecule has 4 atom stereocenters. The highest BCUT2D eigenvalue weighted by Crippen LogP contribution is 2.69. The van der Waals surface area contributed by atoms with E-state index in [0.717, 1.165) is 25.2 Å². The lowest BCUT2D eigenvalue weighted by atomic mass is 9.95. The third kappa shape index (κ3) is 3.17. The monoisotopic (exact) mass is 399 g/mol. The van der Waals surface area contributed by atoms with Crippen molar-refractivity contribution >= 4 is 17.2 Å². The fourth-order valence-corrected chi connectivity index (χ4v) is 5.95. The molecule has 1 saturated carbocycles. The lowest BCUT2D eigenvalue weighted by Gasteiger charge is -2.19. The first-order valence-electron chi connectivity index (χ1n) is 10.1. The van der Waals surface area contributed by atoms with Crippen LogP contribution < -0.4 is 0 Å². The summed E-state index contributed by atoms with van der Waals surface area (Å²) in [6.07, 6.45) is 0.624. The number of nitrogens with zero attached hydrogens (tertiary/aromatic N) is 3. The van der Waals surface area contributed by atoms with E-state index in [1.54, 1.807) is 5.51 Å². The lowest BCUT2D eigenvalue weighted by Crippen LogP contribution is -2.30. The average Bonchev–Trinajstić information content (AvgIpc) is 2.93. The van der Waals surface area contributed by atoms with Crippen molar-refractivity contribution in [2.45, 2.75) is 32.3 Å². The Bertz CT molecular complexity index is 839. The van der Waals surface area contributed by atoms with Gasteiger partial charge in [0.1, 0.15) is 4.88 Å². The zero-order chi connectivity index (χ0) is 19.9. The Kier molecular flexibility index (Phi) is 5.29. The molecule has 0 unspecified atom stereocenters. The third-order valence-electron chi connectivity index (χ3n) is 6.54. The molecule has 1 amide bonds. The number of amides is 1. The van der Waals surface area contributed by atoms with Crippen LogP contribution >= 0.6 is 11.3 Å². The van der Waals surface area contributed by atoms with Gasteiger partial charge in [-0.25, -0.2) is 4.98 Å². The zero-order valence-corrected chi connectivity index (χ0v) is 17.7. The molecule has 1 aromatic carbocycles. The number of aliphatic hydroxyl groups is 1. The number of hydrogen-bond donors (Lipinski definition) is 1. The van der Waals surface area contributed by atoms with Gasteiger partial charge in [-0.3, -0.25) is 4.79 Å². The molecule has 28 heavy (non-hydrogen) atoms. The Labute approximate surface area is 171 Å². The van der Waals surface area contributed by atoms with Gasteiger partial charge in [-0.15, -0.1) is 11.3 Å². The van der Waals surface area contributed by atoms with Crippen LogP contribution in [-0.4, -0.2) is 65.1 Å². The number of carbonyl (C=O) groups excluding carboxylic acids is 1. The van der Waals surface area contributed by atoms with Gasteiger partial charge in [0.25, 0.3) is 5.91 Å². The summed E-state index contributed by atoms with van der Waals surface area (Å²) in [6.45, 7) is 7.09. The summed E-state index contributed by atoms with van der Waals surface area (Å²) in [5.41, 5.74) is 3.54. The van der Waals surface area contributed by atoms with Crippen LogP contribution in [0.3, 0.4) is 0 Å². The Morgan fingerprint density at radius 2 is 2.14 bits per heavy atom. The van der Waals surface area contributed by atoms with Gasteiger partial charge in [-0.2, -0.15) is 0 Å². The summed E-state index contributed by atoms with van der Waals surface area (Å²) >= 11 is 1.39. The lowest BCUT2D eigenvalue weighted by molar-refractivity contribution is 0.0768.